The Hall–Kier alpha value is -0.120. The number of ether oxygens (including phenoxy) is 1. The van der Waals surface area contributed by atoms with E-state index in [0.29, 0.717) is 6.04 Å². The van der Waals surface area contributed by atoms with E-state index in [4.69, 9.17) is 4.74 Å². The molecule has 1 fully saturated rings. The third-order valence-electron chi connectivity index (χ3n) is 3.63. The number of hydrogen-bond acceptors (Lipinski definition) is 3. The van der Waals surface area contributed by atoms with Crippen molar-refractivity contribution in [1.29, 1.82) is 0 Å². The molecule has 0 aromatic carbocycles. The Morgan fingerprint density at radius 1 is 1.24 bits per heavy atom. The van der Waals surface area contributed by atoms with Gasteiger partial charge in [0, 0.05) is 12.6 Å². The Morgan fingerprint density at radius 3 is 2.59 bits per heavy atom. The molecule has 3 nitrogen and oxygen atoms in total. The molecule has 0 bridgehead atoms. The predicted molar refractivity (Wildman–Crippen MR) is 73.5 cm³/mol. The minimum atomic E-state index is 0.596. The van der Waals surface area contributed by atoms with Crippen molar-refractivity contribution in [2.75, 3.05) is 46.4 Å². The summed E-state index contributed by atoms with van der Waals surface area (Å²) in [5.41, 5.74) is 0. The monoisotopic (exact) mass is 242 g/mol. The lowest BCUT2D eigenvalue weighted by Gasteiger charge is -2.24. The van der Waals surface area contributed by atoms with Crippen molar-refractivity contribution < 1.29 is 4.74 Å². The van der Waals surface area contributed by atoms with E-state index < -0.39 is 0 Å². The van der Waals surface area contributed by atoms with Crippen LogP contribution in [0.5, 0.6) is 0 Å². The van der Waals surface area contributed by atoms with Crippen LogP contribution in [0.25, 0.3) is 0 Å². The summed E-state index contributed by atoms with van der Waals surface area (Å²) in [7, 11) is 2.18. The van der Waals surface area contributed by atoms with Gasteiger partial charge in [0.25, 0.3) is 0 Å². The van der Waals surface area contributed by atoms with Crippen LogP contribution in [-0.2, 0) is 4.74 Å². The highest BCUT2D eigenvalue weighted by Crippen LogP contribution is 2.11. The summed E-state index contributed by atoms with van der Waals surface area (Å²) < 4.78 is 5.78. The van der Waals surface area contributed by atoms with Gasteiger partial charge < -0.3 is 9.64 Å². The summed E-state index contributed by atoms with van der Waals surface area (Å²) in [6.45, 7) is 11.1. The van der Waals surface area contributed by atoms with Gasteiger partial charge in [-0.25, -0.2) is 0 Å². The van der Waals surface area contributed by atoms with E-state index in [1.807, 2.05) is 0 Å². The Balaban J connectivity index is 1.95. The summed E-state index contributed by atoms with van der Waals surface area (Å²) in [5, 5.41) is 0. The summed E-state index contributed by atoms with van der Waals surface area (Å²) in [4.78, 5) is 4.91. The molecular formula is C14H30N2O. The highest BCUT2D eigenvalue weighted by Gasteiger charge is 2.17. The van der Waals surface area contributed by atoms with Gasteiger partial charge in [-0.3, -0.25) is 4.90 Å². The molecular weight excluding hydrogens is 212 g/mol. The van der Waals surface area contributed by atoms with Crippen molar-refractivity contribution >= 4 is 0 Å². The maximum atomic E-state index is 5.78. The second-order valence-electron chi connectivity index (χ2n) is 5.32. The minimum Gasteiger partial charge on any atom is -0.379 e. The molecule has 0 amide bonds. The molecule has 102 valence electrons. The van der Waals surface area contributed by atoms with Gasteiger partial charge in [0.05, 0.1) is 13.2 Å². The lowest BCUT2D eigenvalue weighted by molar-refractivity contribution is 0.0644. The molecule has 1 rings (SSSR count). The quantitative estimate of drug-likeness (QED) is 0.577. The molecule has 0 aromatic heterocycles. The maximum absolute atomic E-state index is 5.78. The molecule has 1 aliphatic rings. The average Bonchev–Trinajstić information content (AvgIpc) is 2.85. The van der Waals surface area contributed by atoms with Crippen molar-refractivity contribution in [3.63, 3.8) is 0 Å². The van der Waals surface area contributed by atoms with Gasteiger partial charge in [-0.2, -0.15) is 0 Å². The molecule has 0 N–H and O–H groups in total. The molecule has 1 heterocycles. The zero-order chi connectivity index (χ0) is 12.5. The zero-order valence-corrected chi connectivity index (χ0v) is 12.0. The number of rotatable bonds is 9. The molecule has 0 aromatic rings. The van der Waals surface area contributed by atoms with Gasteiger partial charge in [-0.15, -0.1) is 0 Å². The largest absolute Gasteiger partial charge is 0.379 e. The Labute approximate surface area is 107 Å². The van der Waals surface area contributed by atoms with Crippen LogP contribution in [0.2, 0.25) is 0 Å². The molecule has 0 radical (unpaired) electrons. The number of likely N-dealkylation sites (N-methyl/N-ethyl adjacent to an activating group) is 1. The fourth-order valence-corrected chi connectivity index (χ4v) is 2.30. The van der Waals surface area contributed by atoms with Gasteiger partial charge in [0.2, 0.25) is 0 Å². The van der Waals surface area contributed by atoms with Crippen molar-refractivity contribution in [3.8, 4) is 0 Å². The van der Waals surface area contributed by atoms with Crippen LogP contribution in [0.1, 0.15) is 39.5 Å². The topological polar surface area (TPSA) is 15.7 Å². The van der Waals surface area contributed by atoms with E-state index in [-0.39, 0.29) is 0 Å². The summed E-state index contributed by atoms with van der Waals surface area (Å²) in [6, 6.07) is 0.596. The normalized spacial score (nSPS) is 19.1. The fourth-order valence-electron chi connectivity index (χ4n) is 2.30. The van der Waals surface area contributed by atoms with Crippen LogP contribution < -0.4 is 0 Å². The molecule has 1 atom stereocenters. The second kappa shape index (κ2) is 8.90. The number of nitrogens with zero attached hydrogens (tertiary/aromatic N) is 2. The molecule has 0 aliphatic carbocycles. The van der Waals surface area contributed by atoms with Crippen LogP contribution in [-0.4, -0.2) is 62.3 Å². The summed E-state index contributed by atoms with van der Waals surface area (Å²) in [5.74, 6) is 0. The van der Waals surface area contributed by atoms with Crippen molar-refractivity contribution in [1.82, 2.24) is 9.80 Å². The van der Waals surface area contributed by atoms with Crippen LogP contribution in [0, 0.1) is 0 Å². The Kier molecular flexibility index (Phi) is 7.82. The van der Waals surface area contributed by atoms with Crippen LogP contribution in [0.3, 0.4) is 0 Å². The predicted octanol–water partition coefficient (Wildman–Crippen LogP) is 2.22. The van der Waals surface area contributed by atoms with E-state index >= 15 is 0 Å². The molecule has 0 saturated carbocycles. The van der Waals surface area contributed by atoms with E-state index in [2.05, 4.69) is 30.7 Å². The molecule has 1 saturated heterocycles. The number of likely N-dealkylation sites (tertiary alicyclic amines) is 1. The second-order valence-corrected chi connectivity index (χ2v) is 5.32. The van der Waals surface area contributed by atoms with Gasteiger partial charge in [0.1, 0.15) is 0 Å². The first-order valence-corrected chi connectivity index (χ1v) is 7.24. The van der Waals surface area contributed by atoms with Crippen molar-refractivity contribution in [2.24, 2.45) is 0 Å². The van der Waals surface area contributed by atoms with Gasteiger partial charge in [-0.05, 0) is 52.9 Å². The van der Waals surface area contributed by atoms with Gasteiger partial charge in [-0.1, -0.05) is 13.3 Å². The first kappa shape index (κ1) is 14.9. The average molecular weight is 242 g/mol. The zero-order valence-electron chi connectivity index (χ0n) is 12.0. The maximum Gasteiger partial charge on any atom is 0.0619 e. The van der Waals surface area contributed by atoms with Gasteiger partial charge in [0.15, 0.2) is 0 Å². The van der Waals surface area contributed by atoms with E-state index in [1.165, 1.54) is 45.3 Å². The number of unbranched alkanes of at least 4 members (excludes halogenated alkanes) is 1. The van der Waals surface area contributed by atoms with Crippen molar-refractivity contribution in [3.05, 3.63) is 0 Å². The minimum absolute atomic E-state index is 0.596. The van der Waals surface area contributed by atoms with E-state index in [9.17, 15) is 0 Å². The third kappa shape index (κ3) is 6.39. The van der Waals surface area contributed by atoms with Gasteiger partial charge >= 0.3 is 0 Å². The first-order chi connectivity index (χ1) is 8.24. The smallest absolute Gasteiger partial charge is 0.0619 e. The van der Waals surface area contributed by atoms with Crippen LogP contribution >= 0.6 is 0 Å². The molecule has 0 spiro atoms. The van der Waals surface area contributed by atoms with Crippen LogP contribution in [0.4, 0.5) is 0 Å². The fraction of sp³-hybridized carbons (Fsp3) is 1.00. The SMILES string of the molecule is CCCCN(C)CCOCC(C)N1CCCC1. The summed E-state index contributed by atoms with van der Waals surface area (Å²) >= 11 is 0. The van der Waals surface area contributed by atoms with E-state index in [0.717, 1.165) is 19.8 Å². The van der Waals surface area contributed by atoms with Crippen molar-refractivity contribution in [2.45, 2.75) is 45.6 Å². The third-order valence-corrected chi connectivity index (χ3v) is 3.63. The molecule has 1 aliphatic heterocycles. The molecule has 1 unspecified atom stereocenters. The highest BCUT2D eigenvalue weighted by atomic mass is 16.5. The standard InChI is InChI=1S/C14H30N2O/c1-4-5-8-15(3)11-12-17-13-14(2)16-9-6-7-10-16/h14H,4-13H2,1-3H3. The Bertz CT molecular complexity index is 181. The molecule has 17 heavy (non-hydrogen) atoms. The Morgan fingerprint density at radius 2 is 1.94 bits per heavy atom. The molecule has 3 heteroatoms. The summed E-state index contributed by atoms with van der Waals surface area (Å²) in [6.07, 6.45) is 5.30. The van der Waals surface area contributed by atoms with E-state index in [1.54, 1.807) is 0 Å². The van der Waals surface area contributed by atoms with Crippen LogP contribution in [0.15, 0.2) is 0 Å². The lowest BCUT2D eigenvalue weighted by Crippen LogP contribution is -2.34. The first-order valence-electron chi connectivity index (χ1n) is 7.24. The number of hydrogen-bond donors (Lipinski definition) is 0. The highest BCUT2D eigenvalue weighted by molar-refractivity contribution is 4.72. The lowest BCUT2D eigenvalue weighted by atomic mass is 10.3.